The number of urea groups is 1. The number of aromatic nitrogens is 2. The Morgan fingerprint density at radius 3 is 2.89 bits per heavy atom. The number of nitrogen functional groups attached to an aromatic ring is 1. The van der Waals surface area contributed by atoms with Gasteiger partial charge in [0.1, 0.15) is 0 Å². The van der Waals surface area contributed by atoms with Crippen LogP contribution in [-0.4, -0.2) is 15.8 Å². The van der Waals surface area contributed by atoms with Crippen LogP contribution in [0.5, 0.6) is 0 Å². The van der Waals surface area contributed by atoms with E-state index in [2.05, 4.69) is 15.7 Å². The lowest BCUT2D eigenvalue weighted by Crippen LogP contribution is -2.21. The predicted octanol–water partition coefficient (Wildman–Crippen LogP) is 1.52. The Morgan fingerprint density at radius 2 is 2.26 bits per heavy atom. The van der Waals surface area contributed by atoms with E-state index in [0.29, 0.717) is 22.8 Å². The average Bonchev–Trinajstić information content (AvgIpc) is 2.71. The van der Waals surface area contributed by atoms with Crippen LogP contribution in [0.25, 0.3) is 0 Å². The zero-order valence-electron chi connectivity index (χ0n) is 10.2. The summed E-state index contributed by atoms with van der Waals surface area (Å²) in [5, 5.41) is 17.9. The van der Waals surface area contributed by atoms with Gasteiger partial charge < -0.3 is 11.1 Å². The molecule has 1 aromatic heterocycles. The van der Waals surface area contributed by atoms with Crippen LogP contribution in [0.4, 0.5) is 22.0 Å². The number of nitriles is 1. The van der Waals surface area contributed by atoms with E-state index in [-0.39, 0.29) is 0 Å². The number of rotatable bonds is 2. The highest BCUT2D eigenvalue weighted by molar-refractivity contribution is 6.00. The lowest BCUT2D eigenvalue weighted by molar-refractivity contribution is 0.262. The number of benzene rings is 1. The molecule has 19 heavy (non-hydrogen) atoms. The first-order valence-electron chi connectivity index (χ1n) is 5.46. The van der Waals surface area contributed by atoms with Gasteiger partial charge in [-0.25, -0.2) is 4.79 Å². The highest BCUT2D eigenvalue weighted by Crippen LogP contribution is 2.16. The largest absolute Gasteiger partial charge is 0.394 e. The molecule has 0 saturated heterocycles. The van der Waals surface area contributed by atoms with Crippen LogP contribution in [0.1, 0.15) is 5.56 Å². The molecule has 0 saturated carbocycles. The van der Waals surface area contributed by atoms with Gasteiger partial charge >= 0.3 is 6.03 Å². The van der Waals surface area contributed by atoms with Crippen LogP contribution in [0.2, 0.25) is 0 Å². The van der Waals surface area contributed by atoms with E-state index < -0.39 is 6.03 Å². The highest BCUT2D eigenvalue weighted by Gasteiger charge is 2.09. The molecule has 0 unspecified atom stereocenters. The zero-order chi connectivity index (χ0) is 13.8. The van der Waals surface area contributed by atoms with Crippen molar-refractivity contribution < 1.29 is 4.79 Å². The van der Waals surface area contributed by atoms with Crippen molar-refractivity contribution in [3.8, 4) is 6.07 Å². The first-order chi connectivity index (χ1) is 9.10. The number of hydrogen-bond acceptors (Lipinski definition) is 4. The third kappa shape index (κ3) is 2.81. The molecule has 0 aliphatic carbocycles. The maximum atomic E-state index is 11.8. The third-order valence-electron chi connectivity index (χ3n) is 2.45. The van der Waals surface area contributed by atoms with Gasteiger partial charge in [0.15, 0.2) is 5.82 Å². The Balaban J connectivity index is 2.08. The lowest BCUT2D eigenvalue weighted by atomic mass is 10.2. The molecule has 0 aliphatic heterocycles. The number of anilines is 3. The van der Waals surface area contributed by atoms with Gasteiger partial charge in [-0.05, 0) is 18.2 Å². The molecule has 2 aromatic rings. The maximum Gasteiger partial charge on any atom is 0.324 e. The third-order valence-corrected chi connectivity index (χ3v) is 2.45. The smallest absolute Gasteiger partial charge is 0.324 e. The first-order valence-corrected chi connectivity index (χ1v) is 5.46. The standard InChI is InChI=1S/C12H12N6O/c1-18-11(10(14)7-15-18)17-12(19)16-9-4-2-3-8(5-9)6-13/h2-5,7H,14H2,1H3,(H2,16,17,19). The topological polar surface area (TPSA) is 109 Å². The van der Waals surface area contributed by atoms with Crippen LogP contribution >= 0.6 is 0 Å². The second kappa shape index (κ2) is 5.10. The quantitative estimate of drug-likeness (QED) is 0.756. The number of nitrogens with one attached hydrogen (secondary N) is 2. The number of carbonyl (C=O) groups excluding carboxylic acids is 1. The second-order valence-electron chi connectivity index (χ2n) is 3.84. The molecule has 0 atom stereocenters. The normalized spacial score (nSPS) is 9.68. The number of carbonyl (C=O) groups is 1. The van der Waals surface area contributed by atoms with Gasteiger partial charge in [0, 0.05) is 12.7 Å². The van der Waals surface area contributed by atoms with Gasteiger partial charge in [0.05, 0.1) is 23.5 Å². The highest BCUT2D eigenvalue weighted by atomic mass is 16.2. The van der Waals surface area contributed by atoms with Gasteiger partial charge in [-0.15, -0.1) is 0 Å². The van der Waals surface area contributed by atoms with Crippen molar-refractivity contribution in [3.05, 3.63) is 36.0 Å². The van der Waals surface area contributed by atoms with E-state index in [9.17, 15) is 4.79 Å². The summed E-state index contributed by atoms with van der Waals surface area (Å²) in [6.07, 6.45) is 1.45. The molecule has 2 amide bonds. The summed E-state index contributed by atoms with van der Waals surface area (Å²) < 4.78 is 1.46. The molecule has 0 spiro atoms. The van der Waals surface area contributed by atoms with E-state index >= 15 is 0 Å². The summed E-state index contributed by atoms with van der Waals surface area (Å²) in [5.74, 6) is 0.411. The summed E-state index contributed by atoms with van der Waals surface area (Å²) in [6.45, 7) is 0. The molecule has 1 aromatic carbocycles. The fourth-order valence-electron chi connectivity index (χ4n) is 1.54. The average molecular weight is 256 g/mol. The van der Waals surface area contributed by atoms with E-state index in [1.165, 1.54) is 10.9 Å². The number of amides is 2. The maximum absolute atomic E-state index is 11.8. The van der Waals surface area contributed by atoms with Gasteiger partial charge in [-0.2, -0.15) is 10.4 Å². The molecule has 0 fully saturated rings. The Kier molecular flexibility index (Phi) is 3.34. The molecular formula is C12H12N6O. The molecule has 2 rings (SSSR count). The number of aryl methyl sites for hydroxylation is 1. The van der Waals surface area contributed by atoms with Crippen LogP contribution in [-0.2, 0) is 7.05 Å². The van der Waals surface area contributed by atoms with Crippen molar-refractivity contribution >= 4 is 23.2 Å². The van der Waals surface area contributed by atoms with Crippen molar-refractivity contribution in [1.82, 2.24) is 9.78 Å². The number of nitrogens with two attached hydrogens (primary N) is 1. The van der Waals surface area contributed by atoms with Crippen molar-refractivity contribution in [3.63, 3.8) is 0 Å². The van der Waals surface area contributed by atoms with Gasteiger partial charge in [0.2, 0.25) is 0 Å². The Bertz CT molecular complexity index is 635. The summed E-state index contributed by atoms with van der Waals surface area (Å²) in [6, 6.07) is 8.15. The summed E-state index contributed by atoms with van der Waals surface area (Å²) in [5.41, 5.74) is 7.03. The van der Waals surface area contributed by atoms with Crippen molar-refractivity contribution in [2.75, 3.05) is 16.4 Å². The van der Waals surface area contributed by atoms with Gasteiger partial charge in [-0.3, -0.25) is 10.00 Å². The molecule has 0 bridgehead atoms. The molecular weight excluding hydrogens is 244 g/mol. The van der Waals surface area contributed by atoms with Crippen LogP contribution in [0.15, 0.2) is 30.5 Å². The van der Waals surface area contributed by atoms with E-state index in [1.54, 1.807) is 31.3 Å². The van der Waals surface area contributed by atoms with Gasteiger partial charge in [0.25, 0.3) is 0 Å². The number of nitrogens with zero attached hydrogens (tertiary/aromatic N) is 3. The zero-order valence-corrected chi connectivity index (χ0v) is 10.2. The minimum atomic E-state index is -0.453. The Hall–Kier alpha value is -3.01. The van der Waals surface area contributed by atoms with E-state index in [0.717, 1.165) is 0 Å². The summed E-state index contributed by atoms with van der Waals surface area (Å²) in [7, 11) is 1.67. The minimum absolute atomic E-state index is 0.378. The van der Waals surface area contributed by atoms with E-state index in [4.69, 9.17) is 11.0 Å². The fourth-order valence-corrected chi connectivity index (χ4v) is 1.54. The first kappa shape index (κ1) is 12.4. The monoisotopic (exact) mass is 256 g/mol. The van der Waals surface area contributed by atoms with Crippen LogP contribution < -0.4 is 16.4 Å². The summed E-state index contributed by atoms with van der Waals surface area (Å²) in [4.78, 5) is 11.8. The van der Waals surface area contributed by atoms with Crippen LogP contribution in [0.3, 0.4) is 0 Å². The van der Waals surface area contributed by atoms with Gasteiger partial charge in [-0.1, -0.05) is 6.07 Å². The minimum Gasteiger partial charge on any atom is -0.394 e. The molecule has 7 heteroatoms. The van der Waals surface area contributed by atoms with Crippen molar-refractivity contribution in [1.29, 1.82) is 5.26 Å². The molecule has 4 N–H and O–H groups in total. The molecule has 96 valence electrons. The Morgan fingerprint density at radius 1 is 1.47 bits per heavy atom. The lowest BCUT2D eigenvalue weighted by Gasteiger charge is -2.08. The van der Waals surface area contributed by atoms with Crippen molar-refractivity contribution in [2.24, 2.45) is 7.05 Å². The second-order valence-corrected chi connectivity index (χ2v) is 3.84. The Labute approximate surface area is 109 Å². The van der Waals surface area contributed by atoms with E-state index in [1.807, 2.05) is 6.07 Å². The SMILES string of the molecule is Cn1ncc(N)c1NC(=O)Nc1cccc(C#N)c1. The van der Waals surface area contributed by atoms with Crippen LogP contribution in [0, 0.1) is 11.3 Å². The van der Waals surface area contributed by atoms with Crippen molar-refractivity contribution in [2.45, 2.75) is 0 Å². The number of hydrogen-bond donors (Lipinski definition) is 3. The summed E-state index contributed by atoms with van der Waals surface area (Å²) >= 11 is 0. The molecule has 0 aliphatic rings. The molecule has 7 nitrogen and oxygen atoms in total. The predicted molar refractivity (Wildman–Crippen MR) is 71.4 cm³/mol. The molecule has 0 radical (unpaired) electrons. The fraction of sp³-hybridized carbons (Fsp3) is 0.0833. The molecule has 1 heterocycles.